The van der Waals surface area contributed by atoms with Crippen molar-refractivity contribution in [1.82, 2.24) is 14.9 Å². The van der Waals surface area contributed by atoms with E-state index in [0.717, 1.165) is 5.56 Å². The van der Waals surface area contributed by atoms with Crippen LogP contribution in [0, 0.1) is 10.1 Å². The molecule has 1 fully saturated rings. The molecule has 2 N–H and O–H groups in total. The second kappa shape index (κ2) is 7.17. The van der Waals surface area contributed by atoms with Crippen LogP contribution in [0.5, 0.6) is 0 Å². The molecular formula is C19H15ClN4O5. The van der Waals surface area contributed by atoms with Crippen molar-refractivity contribution in [3.05, 3.63) is 83.4 Å². The molecule has 1 atom stereocenters. The van der Waals surface area contributed by atoms with E-state index in [-0.39, 0.29) is 35.1 Å². The van der Waals surface area contributed by atoms with Crippen molar-refractivity contribution in [1.29, 1.82) is 0 Å². The Hall–Kier alpha value is -3.46. The molecule has 0 saturated carbocycles. The number of halogens is 1. The fraction of sp³-hybridized carbons (Fsp3) is 0.211. The highest BCUT2D eigenvalue weighted by atomic mass is 35.5. The first kappa shape index (κ1) is 18.9. The third-order valence-electron chi connectivity index (χ3n) is 5.03. The van der Waals surface area contributed by atoms with Gasteiger partial charge in [0.1, 0.15) is 0 Å². The summed E-state index contributed by atoms with van der Waals surface area (Å²) in [6.07, 6.45) is 0.307. The van der Waals surface area contributed by atoms with Gasteiger partial charge < -0.3 is 14.9 Å². The maximum atomic E-state index is 12.5. The Balaban J connectivity index is 1.69. The number of hydrogen-bond acceptors (Lipinski definition) is 5. The molecule has 2 heterocycles. The van der Waals surface area contributed by atoms with Crippen molar-refractivity contribution in [3.63, 3.8) is 0 Å². The molecule has 2 aromatic carbocycles. The second-order valence-corrected chi connectivity index (χ2v) is 7.36. The van der Waals surface area contributed by atoms with E-state index in [1.54, 1.807) is 17.0 Å². The number of nitrogens with one attached hydrogen (secondary N) is 2. The van der Waals surface area contributed by atoms with Gasteiger partial charge in [0.25, 0.3) is 5.69 Å². The third kappa shape index (κ3) is 3.64. The predicted octanol–water partition coefficient (Wildman–Crippen LogP) is 2.29. The summed E-state index contributed by atoms with van der Waals surface area (Å²) in [5, 5.41) is 11.9. The molecule has 0 radical (unpaired) electrons. The molecule has 29 heavy (non-hydrogen) atoms. The second-order valence-electron chi connectivity index (χ2n) is 6.92. The molecule has 1 saturated heterocycles. The molecule has 1 aromatic heterocycles. The molecule has 9 nitrogen and oxygen atoms in total. The number of fused-ring (bicyclic) bond motifs is 1. The number of carbonyl (C=O) groups is 1. The number of hydrogen-bond donors (Lipinski definition) is 2. The van der Waals surface area contributed by atoms with Crippen molar-refractivity contribution < 1.29 is 9.72 Å². The molecule has 148 valence electrons. The van der Waals surface area contributed by atoms with Crippen LogP contribution < -0.4 is 11.1 Å². The van der Waals surface area contributed by atoms with Gasteiger partial charge in [-0.2, -0.15) is 0 Å². The fourth-order valence-electron chi connectivity index (χ4n) is 3.60. The molecule has 4 rings (SSSR count). The monoisotopic (exact) mass is 414 g/mol. The highest BCUT2D eigenvalue weighted by molar-refractivity contribution is 6.30. The Morgan fingerprint density at radius 1 is 1.10 bits per heavy atom. The Kier molecular flexibility index (Phi) is 4.67. The molecule has 1 unspecified atom stereocenters. The van der Waals surface area contributed by atoms with Crippen LogP contribution in [0.1, 0.15) is 23.5 Å². The van der Waals surface area contributed by atoms with Gasteiger partial charge >= 0.3 is 11.1 Å². The zero-order valence-electron chi connectivity index (χ0n) is 15.0. The van der Waals surface area contributed by atoms with Crippen molar-refractivity contribution >= 4 is 34.2 Å². The first-order valence-electron chi connectivity index (χ1n) is 8.78. The Bertz CT molecular complexity index is 1250. The number of amides is 1. The van der Waals surface area contributed by atoms with Crippen molar-refractivity contribution in [2.75, 3.05) is 6.54 Å². The lowest BCUT2D eigenvalue weighted by Gasteiger charge is -2.18. The summed E-state index contributed by atoms with van der Waals surface area (Å²) in [6.45, 7) is 0.501. The largest absolute Gasteiger partial charge is 0.338 e. The van der Waals surface area contributed by atoms with E-state index >= 15 is 0 Å². The van der Waals surface area contributed by atoms with Crippen molar-refractivity contribution in [3.8, 4) is 0 Å². The van der Waals surface area contributed by atoms with E-state index in [1.807, 2.05) is 12.1 Å². The highest BCUT2D eigenvalue weighted by Gasteiger charge is 2.31. The van der Waals surface area contributed by atoms with Gasteiger partial charge in [0.05, 0.1) is 16.0 Å². The van der Waals surface area contributed by atoms with Gasteiger partial charge in [0, 0.05) is 48.1 Å². The lowest BCUT2D eigenvalue weighted by molar-refractivity contribution is -0.384. The standard InChI is InChI=1S/C19H15ClN4O5/c20-13-3-1-10(2-4-13)11-6-16(25)23(8-11)9-12-5-14(24(28)29)7-15-17(12)22-19(27)18(26)21-15/h1-5,7,11H,6,8-9H2,(H,21,26)(H,22,27). The Morgan fingerprint density at radius 2 is 1.79 bits per heavy atom. The lowest BCUT2D eigenvalue weighted by Crippen LogP contribution is -2.30. The summed E-state index contributed by atoms with van der Waals surface area (Å²) in [5.41, 5.74) is -0.235. The van der Waals surface area contributed by atoms with E-state index < -0.39 is 16.0 Å². The Morgan fingerprint density at radius 3 is 2.48 bits per heavy atom. The molecule has 0 aliphatic carbocycles. The summed E-state index contributed by atoms with van der Waals surface area (Å²) in [4.78, 5) is 53.0. The summed E-state index contributed by atoms with van der Waals surface area (Å²) in [7, 11) is 0. The van der Waals surface area contributed by atoms with Crippen LogP contribution in [0.3, 0.4) is 0 Å². The van der Waals surface area contributed by atoms with Crippen LogP contribution in [-0.2, 0) is 11.3 Å². The molecule has 3 aromatic rings. The quantitative estimate of drug-likeness (QED) is 0.384. The zero-order chi connectivity index (χ0) is 20.7. The maximum absolute atomic E-state index is 12.5. The van der Waals surface area contributed by atoms with Gasteiger partial charge in [-0.05, 0) is 17.7 Å². The zero-order valence-corrected chi connectivity index (χ0v) is 15.7. The van der Waals surface area contributed by atoms with E-state index in [9.17, 15) is 24.5 Å². The smallest absolute Gasteiger partial charge is 0.314 e. The summed E-state index contributed by atoms with van der Waals surface area (Å²) < 4.78 is 0. The number of benzene rings is 2. The number of nitro groups is 1. The van der Waals surface area contributed by atoms with E-state index in [2.05, 4.69) is 9.97 Å². The van der Waals surface area contributed by atoms with Crippen molar-refractivity contribution in [2.24, 2.45) is 0 Å². The van der Waals surface area contributed by atoms with Crippen LogP contribution >= 0.6 is 11.6 Å². The predicted molar refractivity (Wildman–Crippen MR) is 106 cm³/mol. The normalized spacial score (nSPS) is 16.5. The molecule has 10 heteroatoms. The van der Waals surface area contributed by atoms with Crippen molar-refractivity contribution in [2.45, 2.75) is 18.9 Å². The first-order valence-corrected chi connectivity index (χ1v) is 9.16. The maximum Gasteiger partial charge on any atom is 0.314 e. The SMILES string of the molecule is O=C1CC(c2ccc(Cl)cc2)CN1Cc1cc([N+](=O)[O-])cc2[nH]c(=O)c(=O)[nH]c12. The van der Waals surface area contributed by atoms with Gasteiger partial charge in [-0.3, -0.25) is 24.5 Å². The molecule has 1 aliphatic rings. The average molecular weight is 415 g/mol. The topological polar surface area (TPSA) is 129 Å². The number of nitrogens with zero attached hydrogens (tertiary/aromatic N) is 2. The number of likely N-dealkylation sites (tertiary alicyclic amines) is 1. The molecule has 1 amide bonds. The lowest BCUT2D eigenvalue weighted by atomic mass is 9.98. The number of carbonyl (C=O) groups excluding carboxylic acids is 1. The van der Waals surface area contributed by atoms with Gasteiger partial charge in [0.2, 0.25) is 5.91 Å². The number of rotatable bonds is 4. The van der Waals surface area contributed by atoms with Crippen LogP contribution in [-0.4, -0.2) is 32.2 Å². The van der Waals surface area contributed by atoms with E-state index in [0.29, 0.717) is 23.6 Å². The fourth-order valence-corrected chi connectivity index (χ4v) is 3.73. The summed E-state index contributed by atoms with van der Waals surface area (Å²) in [6, 6.07) is 9.75. The number of aromatic amines is 2. The van der Waals surface area contributed by atoms with Gasteiger partial charge in [-0.25, -0.2) is 0 Å². The highest BCUT2D eigenvalue weighted by Crippen LogP contribution is 2.31. The minimum absolute atomic E-state index is 0.0245. The van der Waals surface area contributed by atoms with Gasteiger partial charge in [0.15, 0.2) is 0 Å². The number of H-pyrrole nitrogens is 2. The number of nitro benzene ring substituents is 1. The molecule has 0 spiro atoms. The number of non-ortho nitro benzene ring substituents is 1. The van der Waals surface area contributed by atoms with Gasteiger partial charge in [-0.1, -0.05) is 23.7 Å². The summed E-state index contributed by atoms with van der Waals surface area (Å²) in [5.74, 6) is -0.125. The first-order chi connectivity index (χ1) is 13.8. The third-order valence-corrected chi connectivity index (χ3v) is 5.28. The summed E-state index contributed by atoms with van der Waals surface area (Å²) >= 11 is 5.92. The van der Waals surface area contributed by atoms with Crippen LogP contribution in [0.4, 0.5) is 5.69 Å². The van der Waals surface area contributed by atoms with E-state index in [4.69, 9.17) is 11.6 Å². The van der Waals surface area contributed by atoms with Crippen LogP contribution in [0.2, 0.25) is 5.02 Å². The molecular weight excluding hydrogens is 400 g/mol. The van der Waals surface area contributed by atoms with Crippen LogP contribution in [0.15, 0.2) is 46.0 Å². The minimum atomic E-state index is -0.899. The molecule has 1 aliphatic heterocycles. The van der Waals surface area contributed by atoms with Gasteiger partial charge in [-0.15, -0.1) is 0 Å². The Labute approximate surface area is 168 Å². The number of aromatic nitrogens is 2. The average Bonchev–Trinajstić information content (AvgIpc) is 3.04. The van der Waals surface area contributed by atoms with Crippen LogP contribution in [0.25, 0.3) is 11.0 Å². The minimum Gasteiger partial charge on any atom is -0.338 e. The van der Waals surface area contributed by atoms with E-state index in [1.165, 1.54) is 12.1 Å². The molecule has 0 bridgehead atoms.